The molecule has 29 heavy (non-hydrogen) atoms. The summed E-state index contributed by atoms with van der Waals surface area (Å²) in [6.07, 6.45) is 0. The SMILES string of the molecule is Cc1ccc(S(=O)(=O)N2Cc3c([nH]c4ccccc34)C(=O)c3ccccc32)cc1. The number of aromatic amines is 1. The summed E-state index contributed by atoms with van der Waals surface area (Å²) < 4.78 is 28.5. The molecule has 0 saturated heterocycles. The van der Waals surface area contributed by atoms with Gasteiger partial charge < -0.3 is 4.98 Å². The van der Waals surface area contributed by atoms with Gasteiger partial charge in [0.05, 0.1) is 22.8 Å². The number of hydrogen-bond acceptors (Lipinski definition) is 3. The summed E-state index contributed by atoms with van der Waals surface area (Å²) in [5.41, 5.74) is 3.70. The van der Waals surface area contributed by atoms with Gasteiger partial charge in [-0.15, -0.1) is 0 Å². The fraction of sp³-hybridized carbons (Fsp3) is 0.0870. The average molecular weight is 402 g/mol. The first-order chi connectivity index (χ1) is 14.0. The minimum absolute atomic E-state index is 0.0817. The molecule has 1 aliphatic rings. The van der Waals surface area contributed by atoms with Gasteiger partial charge in [0.15, 0.2) is 0 Å². The van der Waals surface area contributed by atoms with Crippen molar-refractivity contribution in [3.63, 3.8) is 0 Å². The van der Waals surface area contributed by atoms with Crippen molar-refractivity contribution in [3.8, 4) is 0 Å². The lowest BCUT2D eigenvalue weighted by molar-refractivity contribution is 0.103. The average Bonchev–Trinajstić information content (AvgIpc) is 3.04. The van der Waals surface area contributed by atoms with Gasteiger partial charge >= 0.3 is 0 Å². The van der Waals surface area contributed by atoms with Gasteiger partial charge in [-0.25, -0.2) is 8.42 Å². The Morgan fingerprint density at radius 1 is 0.897 bits per heavy atom. The van der Waals surface area contributed by atoms with Crippen molar-refractivity contribution in [1.29, 1.82) is 0 Å². The quantitative estimate of drug-likeness (QED) is 0.540. The number of carbonyl (C=O) groups excluding carboxylic acids is 1. The second-order valence-corrected chi connectivity index (χ2v) is 9.06. The van der Waals surface area contributed by atoms with Crippen LogP contribution >= 0.6 is 0 Å². The molecule has 6 heteroatoms. The van der Waals surface area contributed by atoms with Crippen LogP contribution in [0.2, 0.25) is 0 Å². The van der Waals surface area contributed by atoms with Gasteiger partial charge in [0.1, 0.15) is 0 Å². The third-order valence-electron chi connectivity index (χ3n) is 5.37. The second kappa shape index (κ2) is 6.32. The summed E-state index contributed by atoms with van der Waals surface area (Å²) in [6.45, 7) is 1.99. The Bertz CT molecular complexity index is 1370. The Morgan fingerprint density at radius 3 is 2.38 bits per heavy atom. The van der Waals surface area contributed by atoms with E-state index >= 15 is 0 Å². The lowest BCUT2D eigenvalue weighted by Gasteiger charge is -2.24. The van der Waals surface area contributed by atoms with Crippen LogP contribution in [-0.2, 0) is 16.6 Å². The zero-order valence-electron chi connectivity index (χ0n) is 15.7. The molecule has 0 radical (unpaired) electrons. The summed E-state index contributed by atoms with van der Waals surface area (Å²) in [6, 6.07) is 21.2. The van der Waals surface area contributed by atoms with E-state index in [9.17, 15) is 13.2 Å². The van der Waals surface area contributed by atoms with E-state index in [1.807, 2.05) is 31.2 Å². The predicted molar refractivity (Wildman–Crippen MR) is 113 cm³/mol. The zero-order valence-corrected chi connectivity index (χ0v) is 16.5. The Morgan fingerprint density at radius 2 is 1.59 bits per heavy atom. The van der Waals surface area contributed by atoms with Crippen LogP contribution in [-0.4, -0.2) is 19.2 Å². The minimum atomic E-state index is -3.86. The van der Waals surface area contributed by atoms with Crippen LogP contribution < -0.4 is 4.31 Å². The third kappa shape index (κ3) is 2.68. The molecule has 0 saturated carbocycles. The lowest BCUT2D eigenvalue weighted by Crippen LogP contribution is -2.30. The topological polar surface area (TPSA) is 70.2 Å². The van der Waals surface area contributed by atoms with Gasteiger partial charge in [0, 0.05) is 22.0 Å². The van der Waals surface area contributed by atoms with Gasteiger partial charge in [-0.2, -0.15) is 0 Å². The Kier molecular flexibility index (Phi) is 3.86. The molecule has 4 aromatic rings. The van der Waals surface area contributed by atoms with Crippen LogP contribution in [0.25, 0.3) is 10.9 Å². The number of rotatable bonds is 2. The van der Waals surface area contributed by atoms with Gasteiger partial charge in [0.25, 0.3) is 10.0 Å². The molecule has 5 rings (SSSR count). The molecular weight excluding hydrogens is 384 g/mol. The molecule has 144 valence electrons. The molecule has 0 bridgehead atoms. The number of anilines is 1. The van der Waals surface area contributed by atoms with Crippen LogP contribution in [0.15, 0.2) is 77.7 Å². The van der Waals surface area contributed by atoms with Crippen LogP contribution in [0.3, 0.4) is 0 Å². The van der Waals surface area contributed by atoms with E-state index in [-0.39, 0.29) is 17.2 Å². The van der Waals surface area contributed by atoms with Crippen molar-refractivity contribution in [2.24, 2.45) is 0 Å². The molecule has 1 aromatic heterocycles. The molecule has 3 aromatic carbocycles. The zero-order chi connectivity index (χ0) is 20.2. The first-order valence-corrected chi connectivity index (χ1v) is 10.7. The van der Waals surface area contributed by atoms with Gasteiger partial charge in [-0.3, -0.25) is 9.10 Å². The molecule has 5 nitrogen and oxygen atoms in total. The summed E-state index contributed by atoms with van der Waals surface area (Å²) in [4.78, 5) is 16.7. The Balaban J connectivity index is 1.78. The van der Waals surface area contributed by atoms with Gasteiger partial charge in [-0.05, 0) is 37.3 Å². The normalized spacial score (nSPS) is 13.8. The van der Waals surface area contributed by atoms with E-state index in [2.05, 4.69) is 4.98 Å². The number of carbonyl (C=O) groups is 1. The van der Waals surface area contributed by atoms with Crippen LogP contribution in [0.5, 0.6) is 0 Å². The van der Waals surface area contributed by atoms with Crippen molar-refractivity contribution >= 4 is 32.4 Å². The predicted octanol–water partition coefficient (Wildman–Crippen LogP) is 4.42. The van der Waals surface area contributed by atoms with E-state index in [1.165, 1.54) is 4.31 Å². The molecule has 0 aliphatic carbocycles. The Hall–Kier alpha value is -3.38. The smallest absolute Gasteiger partial charge is 0.264 e. The molecule has 0 atom stereocenters. The third-order valence-corrected chi connectivity index (χ3v) is 7.14. The molecule has 0 spiro atoms. The highest BCUT2D eigenvalue weighted by Crippen LogP contribution is 2.37. The number of H-pyrrole nitrogens is 1. The molecular formula is C23H18N2O3S. The molecule has 2 heterocycles. The monoisotopic (exact) mass is 402 g/mol. The number of hydrogen-bond donors (Lipinski definition) is 1. The van der Waals surface area contributed by atoms with E-state index < -0.39 is 10.0 Å². The highest BCUT2D eigenvalue weighted by atomic mass is 32.2. The van der Waals surface area contributed by atoms with E-state index in [4.69, 9.17) is 0 Å². The van der Waals surface area contributed by atoms with E-state index in [0.717, 1.165) is 16.5 Å². The minimum Gasteiger partial charge on any atom is -0.352 e. The maximum atomic E-state index is 13.6. The highest BCUT2D eigenvalue weighted by Gasteiger charge is 2.34. The fourth-order valence-electron chi connectivity index (χ4n) is 3.86. The molecule has 1 N–H and O–H groups in total. The number of nitrogens with one attached hydrogen (secondary N) is 1. The number of sulfonamides is 1. The maximum Gasteiger partial charge on any atom is 0.264 e. The highest BCUT2D eigenvalue weighted by molar-refractivity contribution is 7.92. The van der Waals surface area contributed by atoms with Crippen LogP contribution in [0.1, 0.15) is 27.2 Å². The second-order valence-electron chi connectivity index (χ2n) is 7.20. The number of para-hydroxylation sites is 2. The first-order valence-electron chi connectivity index (χ1n) is 9.29. The number of nitrogens with zero attached hydrogens (tertiary/aromatic N) is 1. The molecule has 1 aliphatic heterocycles. The molecule has 0 fully saturated rings. The van der Waals surface area contributed by atoms with Crippen molar-refractivity contribution < 1.29 is 13.2 Å². The van der Waals surface area contributed by atoms with Crippen molar-refractivity contribution in [2.75, 3.05) is 4.31 Å². The number of aromatic nitrogens is 1. The maximum absolute atomic E-state index is 13.6. The summed E-state index contributed by atoms with van der Waals surface area (Å²) >= 11 is 0. The van der Waals surface area contributed by atoms with Crippen LogP contribution in [0.4, 0.5) is 5.69 Å². The van der Waals surface area contributed by atoms with Crippen LogP contribution in [0, 0.1) is 6.92 Å². The summed E-state index contributed by atoms with van der Waals surface area (Å²) in [7, 11) is -3.86. The van der Waals surface area contributed by atoms with Gasteiger partial charge in [-0.1, -0.05) is 48.0 Å². The summed E-state index contributed by atoms with van der Waals surface area (Å²) in [5, 5.41) is 0.854. The molecule has 0 amide bonds. The number of ketones is 1. The number of aryl methyl sites for hydroxylation is 1. The van der Waals surface area contributed by atoms with Crippen molar-refractivity contribution in [2.45, 2.75) is 18.4 Å². The molecule has 0 unspecified atom stereocenters. The van der Waals surface area contributed by atoms with E-state index in [0.29, 0.717) is 22.5 Å². The van der Waals surface area contributed by atoms with Crippen molar-refractivity contribution in [1.82, 2.24) is 4.98 Å². The number of fused-ring (bicyclic) bond motifs is 4. The largest absolute Gasteiger partial charge is 0.352 e. The van der Waals surface area contributed by atoms with E-state index in [1.54, 1.807) is 48.5 Å². The van der Waals surface area contributed by atoms with Crippen molar-refractivity contribution in [3.05, 3.63) is 95.2 Å². The first kappa shape index (κ1) is 17.7. The fourth-order valence-corrected chi connectivity index (χ4v) is 5.31. The summed E-state index contributed by atoms with van der Waals surface area (Å²) in [5.74, 6) is -0.201. The number of benzene rings is 3. The Labute approximate surface area is 168 Å². The van der Waals surface area contributed by atoms with Gasteiger partial charge in [0.2, 0.25) is 5.78 Å². The lowest BCUT2D eigenvalue weighted by atomic mass is 10.0. The standard InChI is InChI=1S/C23H18N2O3S/c1-15-10-12-16(13-11-15)29(27,28)25-14-19-17-6-2-4-8-20(17)24-22(19)23(26)18-7-3-5-9-21(18)25/h2-13,24H,14H2,1H3.